The van der Waals surface area contributed by atoms with E-state index in [9.17, 15) is 0 Å². The smallest absolute Gasteiger partial charge is 0.0260 e. The normalized spacial score (nSPS) is 9.17. The third kappa shape index (κ3) is 4.05. The van der Waals surface area contributed by atoms with E-state index >= 15 is 0 Å². The molecule has 36 valence electrons. The molecule has 1 nitrogen and oxygen atoms in total. The Morgan fingerprint density at radius 3 is 2.17 bits per heavy atom. The average Bonchev–Trinajstić information content (AvgIpc) is 1.35. The number of thiocarbonyl (C=S) groups is 1. The van der Waals surface area contributed by atoms with E-state index < -0.39 is 0 Å². The molecule has 0 saturated carbocycles. The van der Waals surface area contributed by atoms with Gasteiger partial charge in [0, 0.05) is 6.54 Å². The zero-order valence-corrected chi connectivity index (χ0v) is 4.96. The second-order valence-electron chi connectivity index (χ2n) is 1.43. The lowest BCUT2D eigenvalue weighted by Gasteiger charge is -2.00. The fourth-order valence-corrected chi connectivity index (χ4v) is 0.447. The van der Waals surface area contributed by atoms with Crippen LogP contribution in [-0.2, 0) is 0 Å². The topological polar surface area (TPSA) is 3.24 Å². The van der Waals surface area contributed by atoms with E-state index in [1.165, 1.54) is 0 Å². The van der Waals surface area contributed by atoms with E-state index in [1.807, 2.05) is 19.0 Å². The van der Waals surface area contributed by atoms with Crippen LogP contribution < -0.4 is 0 Å². The molecule has 0 fully saturated rings. The monoisotopic (exact) mass is 103 g/mol. The Bertz CT molecular complexity index is 42.8. The Balaban J connectivity index is 2.81. The molecule has 0 N–H and O–H groups in total. The highest BCUT2D eigenvalue weighted by atomic mass is 32.1. The van der Waals surface area contributed by atoms with Gasteiger partial charge in [0.25, 0.3) is 0 Å². The summed E-state index contributed by atoms with van der Waals surface area (Å²) < 4.78 is 0. The van der Waals surface area contributed by atoms with Gasteiger partial charge in [-0.1, -0.05) is 12.2 Å². The van der Waals surface area contributed by atoms with E-state index in [0.717, 1.165) is 6.54 Å². The molecule has 0 atom stereocenters. The predicted molar refractivity (Wildman–Crippen MR) is 32.2 cm³/mol. The van der Waals surface area contributed by atoms with Crippen molar-refractivity contribution in [1.29, 1.82) is 0 Å². The molecule has 6 heavy (non-hydrogen) atoms. The van der Waals surface area contributed by atoms with Crippen LogP contribution in [-0.4, -0.2) is 30.9 Å². The van der Waals surface area contributed by atoms with Crippen LogP contribution in [0.4, 0.5) is 0 Å². The first-order valence-corrected chi connectivity index (χ1v) is 2.33. The summed E-state index contributed by atoms with van der Waals surface area (Å²) in [6.45, 7) is 0.898. The van der Waals surface area contributed by atoms with Crippen LogP contribution in [0.25, 0.3) is 0 Å². The van der Waals surface area contributed by atoms with Crippen LogP contribution in [0.2, 0.25) is 0 Å². The average molecular weight is 103 g/mol. The van der Waals surface area contributed by atoms with Crippen molar-refractivity contribution >= 4 is 17.6 Å². The largest absolute Gasteiger partial charge is 0.305 e. The minimum Gasteiger partial charge on any atom is -0.305 e. The van der Waals surface area contributed by atoms with Crippen molar-refractivity contribution in [2.24, 2.45) is 0 Å². The van der Waals surface area contributed by atoms with E-state index in [4.69, 9.17) is 0 Å². The third-order valence-electron chi connectivity index (χ3n) is 0.440. The molecular weight excluding hydrogens is 94.1 g/mol. The van der Waals surface area contributed by atoms with Crippen LogP contribution >= 0.6 is 12.2 Å². The lowest BCUT2D eigenvalue weighted by atomic mass is 10.7. The summed E-state index contributed by atoms with van der Waals surface area (Å²) in [7, 11) is 3.98. The molecule has 0 bridgehead atoms. The molecule has 0 saturated heterocycles. The summed E-state index contributed by atoms with van der Waals surface area (Å²) in [5.41, 5.74) is 0. The molecule has 0 rings (SSSR count). The first-order chi connectivity index (χ1) is 2.77. The van der Waals surface area contributed by atoms with Gasteiger partial charge >= 0.3 is 0 Å². The van der Waals surface area contributed by atoms with E-state index in [2.05, 4.69) is 12.2 Å². The van der Waals surface area contributed by atoms with Gasteiger partial charge in [0.15, 0.2) is 0 Å². The van der Waals surface area contributed by atoms with Crippen molar-refractivity contribution in [3.63, 3.8) is 0 Å². The maximum Gasteiger partial charge on any atom is 0.0260 e. The number of hydrogen-bond donors (Lipinski definition) is 0. The fraction of sp³-hybridized carbons (Fsp3) is 0.750. The first-order valence-electron chi connectivity index (χ1n) is 1.85. The maximum absolute atomic E-state index is 4.56. The van der Waals surface area contributed by atoms with Crippen LogP contribution in [0.5, 0.6) is 0 Å². The van der Waals surface area contributed by atoms with Gasteiger partial charge in [0.2, 0.25) is 0 Å². The highest BCUT2D eigenvalue weighted by molar-refractivity contribution is 7.79. The molecule has 2 heteroatoms. The second-order valence-corrected chi connectivity index (χ2v) is 1.76. The highest BCUT2D eigenvalue weighted by Crippen LogP contribution is 1.64. The van der Waals surface area contributed by atoms with Gasteiger partial charge in [-0.25, -0.2) is 0 Å². The minimum absolute atomic E-state index is 0.898. The molecule has 0 aromatic heterocycles. The minimum atomic E-state index is 0.898. The van der Waals surface area contributed by atoms with E-state index in [1.54, 1.807) is 5.37 Å². The lowest BCUT2D eigenvalue weighted by Crippen LogP contribution is -2.12. The van der Waals surface area contributed by atoms with Crippen LogP contribution in [0, 0.1) is 0 Å². The molecule has 0 aliphatic carbocycles. The molecule has 0 aromatic carbocycles. The molecule has 0 heterocycles. The van der Waals surface area contributed by atoms with Gasteiger partial charge in [0.1, 0.15) is 0 Å². The lowest BCUT2D eigenvalue weighted by molar-refractivity contribution is 0.475. The summed E-state index contributed by atoms with van der Waals surface area (Å²) in [6.07, 6.45) is 0. The van der Waals surface area contributed by atoms with Crippen molar-refractivity contribution < 1.29 is 0 Å². The summed E-state index contributed by atoms with van der Waals surface area (Å²) in [5.74, 6) is 0. The van der Waals surface area contributed by atoms with E-state index in [-0.39, 0.29) is 0 Å². The Labute approximate surface area is 44.0 Å². The SMILES string of the molecule is CN(C)CC=S. The Hall–Kier alpha value is 0.0500. The quantitative estimate of drug-likeness (QED) is 0.469. The summed E-state index contributed by atoms with van der Waals surface area (Å²) in [5, 5.41) is 1.71. The molecule has 0 aliphatic heterocycles. The third-order valence-corrected chi connectivity index (χ3v) is 0.589. The van der Waals surface area contributed by atoms with Crippen molar-refractivity contribution in [1.82, 2.24) is 4.90 Å². The van der Waals surface area contributed by atoms with Gasteiger partial charge in [0.05, 0.1) is 0 Å². The van der Waals surface area contributed by atoms with Crippen LogP contribution in [0.3, 0.4) is 0 Å². The summed E-state index contributed by atoms with van der Waals surface area (Å²) in [6, 6.07) is 0. The first kappa shape index (κ1) is 6.05. The summed E-state index contributed by atoms with van der Waals surface area (Å²) >= 11 is 4.56. The number of nitrogens with zero attached hydrogens (tertiary/aromatic N) is 1. The van der Waals surface area contributed by atoms with Gasteiger partial charge in [-0.2, -0.15) is 0 Å². The van der Waals surface area contributed by atoms with E-state index in [0.29, 0.717) is 0 Å². The zero-order valence-electron chi connectivity index (χ0n) is 4.14. The van der Waals surface area contributed by atoms with Crippen molar-refractivity contribution in [3.05, 3.63) is 0 Å². The molecule has 0 aromatic rings. The summed E-state index contributed by atoms with van der Waals surface area (Å²) in [4.78, 5) is 2.02. The maximum atomic E-state index is 4.56. The Kier molecular flexibility index (Phi) is 3.28. The molecule has 0 unspecified atom stereocenters. The number of rotatable bonds is 2. The molecule has 0 amide bonds. The zero-order chi connectivity index (χ0) is 4.99. The van der Waals surface area contributed by atoms with Crippen molar-refractivity contribution in [3.8, 4) is 0 Å². The molecule has 0 spiro atoms. The molecular formula is C4H9NS. The Morgan fingerprint density at radius 2 is 2.17 bits per heavy atom. The van der Waals surface area contributed by atoms with Crippen LogP contribution in [0.1, 0.15) is 0 Å². The molecule has 0 radical (unpaired) electrons. The van der Waals surface area contributed by atoms with Gasteiger partial charge < -0.3 is 4.90 Å². The van der Waals surface area contributed by atoms with Gasteiger partial charge in [-0.15, -0.1) is 0 Å². The highest BCUT2D eigenvalue weighted by Gasteiger charge is 1.76. The predicted octanol–water partition coefficient (Wildman–Crippen LogP) is 0.548. The van der Waals surface area contributed by atoms with Crippen LogP contribution in [0.15, 0.2) is 0 Å². The number of hydrogen-bond acceptors (Lipinski definition) is 2. The van der Waals surface area contributed by atoms with Crippen molar-refractivity contribution in [2.75, 3.05) is 20.6 Å². The standard InChI is InChI=1S/C4H9NS/c1-5(2)3-4-6/h4H,3H2,1-2H3. The van der Waals surface area contributed by atoms with Gasteiger partial charge in [-0.3, -0.25) is 0 Å². The van der Waals surface area contributed by atoms with Crippen molar-refractivity contribution in [2.45, 2.75) is 0 Å². The Morgan fingerprint density at radius 1 is 1.67 bits per heavy atom. The second kappa shape index (κ2) is 3.25. The molecule has 0 aliphatic rings. The fourth-order valence-electron chi connectivity index (χ4n) is 0.149. The van der Waals surface area contributed by atoms with Gasteiger partial charge in [-0.05, 0) is 19.5 Å².